The highest BCUT2D eigenvalue weighted by Gasteiger charge is 2.19. The number of rotatable bonds is 1. The van der Waals surface area contributed by atoms with Gasteiger partial charge in [0, 0.05) is 5.92 Å². The topological polar surface area (TPSA) is 0 Å². The Hall–Kier alpha value is 0.260. The van der Waals surface area contributed by atoms with Crippen LogP contribution in [0.4, 0.5) is 0 Å². The molecule has 0 nitrogen and oxygen atoms in total. The highest BCUT2D eigenvalue weighted by atomic mass is 32.2. The maximum absolute atomic E-state index is 3.22. The lowest BCUT2D eigenvalue weighted by atomic mass is 10.2. The van der Waals surface area contributed by atoms with Gasteiger partial charge in [-0.2, -0.15) is 0 Å². The van der Waals surface area contributed by atoms with E-state index in [0.29, 0.717) is 5.92 Å². The molecular formula is C9H14S2. The minimum Gasteiger partial charge on any atom is -0.146 e. The summed E-state index contributed by atoms with van der Waals surface area (Å²) in [6.07, 6.45) is 1.37. The molecule has 1 aliphatic rings. The third-order valence-electron chi connectivity index (χ3n) is 1.63. The molecule has 1 atom stereocenters. The second-order valence-corrected chi connectivity index (χ2v) is 5.44. The first-order valence-corrected chi connectivity index (χ1v) is 6.10. The summed E-state index contributed by atoms with van der Waals surface area (Å²) in [5.74, 6) is 9.43. The summed E-state index contributed by atoms with van der Waals surface area (Å²) in [7, 11) is 0. The van der Waals surface area contributed by atoms with Crippen LogP contribution in [0.25, 0.3) is 0 Å². The standard InChI is InChI=1S/C9H14S2/c1-3-5-8(2)9-10-6-4-7-11-9/h8-9H,4,6-7H2,1-2H3/t8-/m0/s1. The zero-order chi connectivity index (χ0) is 8.10. The highest BCUT2D eigenvalue weighted by Crippen LogP contribution is 2.35. The van der Waals surface area contributed by atoms with E-state index in [-0.39, 0.29) is 0 Å². The molecule has 0 N–H and O–H groups in total. The van der Waals surface area contributed by atoms with Gasteiger partial charge in [0.05, 0.1) is 4.58 Å². The Labute approximate surface area is 77.9 Å². The molecule has 1 saturated heterocycles. The summed E-state index contributed by atoms with van der Waals surface area (Å²) >= 11 is 4.14. The van der Waals surface area contributed by atoms with Gasteiger partial charge < -0.3 is 0 Å². The van der Waals surface area contributed by atoms with Crippen molar-refractivity contribution in [3.63, 3.8) is 0 Å². The quantitative estimate of drug-likeness (QED) is 0.578. The lowest BCUT2D eigenvalue weighted by molar-refractivity contribution is 0.836. The molecule has 0 radical (unpaired) electrons. The van der Waals surface area contributed by atoms with E-state index in [2.05, 4.69) is 42.3 Å². The average Bonchev–Trinajstić information content (AvgIpc) is 2.07. The van der Waals surface area contributed by atoms with Crippen LogP contribution in [0.3, 0.4) is 0 Å². The lowest BCUT2D eigenvalue weighted by Gasteiger charge is -2.23. The van der Waals surface area contributed by atoms with Gasteiger partial charge in [0.25, 0.3) is 0 Å². The summed E-state index contributed by atoms with van der Waals surface area (Å²) in [5, 5.41) is 0. The van der Waals surface area contributed by atoms with Crippen LogP contribution in [-0.2, 0) is 0 Å². The second kappa shape index (κ2) is 5.00. The van der Waals surface area contributed by atoms with Crippen molar-refractivity contribution in [1.29, 1.82) is 0 Å². The number of hydrogen-bond donors (Lipinski definition) is 0. The molecule has 0 unspecified atom stereocenters. The minimum atomic E-state index is 0.565. The zero-order valence-corrected chi connectivity index (χ0v) is 8.73. The molecule has 0 aromatic carbocycles. The molecule has 1 fully saturated rings. The van der Waals surface area contributed by atoms with E-state index in [4.69, 9.17) is 0 Å². The van der Waals surface area contributed by atoms with Crippen molar-refractivity contribution in [2.24, 2.45) is 5.92 Å². The first-order chi connectivity index (χ1) is 5.34. The van der Waals surface area contributed by atoms with Crippen LogP contribution in [0.15, 0.2) is 0 Å². The SMILES string of the molecule is CC#C[C@H](C)C1SCCCS1. The monoisotopic (exact) mass is 186 g/mol. The molecule has 2 heteroatoms. The Morgan fingerprint density at radius 2 is 2.00 bits per heavy atom. The molecule has 1 aliphatic heterocycles. The summed E-state index contributed by atoms with van der Waals surface area (Å²) in [6, 6.07) is 0. The molecule has 0 aliphatic carbocycles. The highest BCUT2D eigenvalue weighted by molar-refractivity contribution is 8.17. The van der Waals surface area contributed by atoms with E-state index in [9.17, 15) is 0 Å². The largest absolute Gasteiger partial charge is 0.146 e. The average molecular weight is 186 g/mol. The van der Waals surface area contributed by atoms with Crippen LogP contribution in [0.1, 0.15) is 20.3 Å². The first-order valence-electron chi connectivity index (χ1n) is 4.00. The maximum atomic E-state index is 3.22. The fourth-order valence-corrected chi connectivity index (χ4v) is 4.04. The molecule has 0 amide bonds. The summed E-state index contributed by atoms with van der Waals surface area (Å²) < 4.78 is 0.733. The molecule has 0 aromatic heterocycles. The molecule has 62 valence electrons. The lowest BCUT2D eigenvalue weighted by Crippen LogP contribution is -2.14. The van der Waals surface area contributed by atoms with Crippen molar-refractivity contribution in [1.82, 2.24) is 0 Å². The van der Waals surface area contributed by atoms with Crippen LogP contribution >= 0.6 is 23.5 Å². The van der Waals surface area contributed by atoms with E-state index in [0.717, 1.165) is 4.58 Å². The van der Waals surface area contributed by atoms with Gasteiger partial charge in [-0.1, -0.05) is 5.92 Å². The van der Waals surface area contributed by atoms with E-state index in [1.165, 1.54) is 17.9 Å². The van der Waals surface area contributed by atoms with Gasteiger partial charge in [0.15, 0.2) is 0 Å². The molecule has 1 heterocycles. The third-order valence-corrected chi connectivity index (χ3v) is 4.97. The number of hydrogen-bond acceptors (Lipinski definition) is 2. The van der Waals surface area contributed by atoms with Crippen LogP contribution in [0.5, 0.6) is 0 Å². The van der Waals surface area contributed by atoms with Gasteiger partial charge in [-0.25, -0.2) is 0 Å². The Kier molecular flexibility index (Phi) is 4.25. The predicted octanol–water partition coefficient (Wildman–Crippen LogP) is 2.84. The Morgan fingerprint density at radius 1 is 1.36 bits per heavy atom. The Bertz CT molecular complexity index is 160. The summed E-state index contributed by atoms with van der Waals surface area (Å²) in [5.41, 5.74) is 0. The van der Waals surface area contributed by atoms with E-state index >= 15 is 0 Å². The van der Waals surface area contributed by atoms with Crippen molar-refractivity contribution in [3.05, 3.63) is 0 Å². The van der Waals surface area contributed by atoms with Crippen molar-refractivity contribution in [3.8, 4) is 11.8 Å². The van der Waals surface area contributed by atoms with E-state index in [1.807, 2.05) is 6.92 Å². The normalized spacial score (nSPS) is 22.0. The van der Waals surface area contributed by atoms with Crippen molar-refractivity contribution in [2.45, 2.75) is 24.9 Å². The van der Waals surface area contributed by atoms with Crippen LogP contribution in [-0.4, -0.2) is 16.1 Å². The van der Waals surface area contributed by atoms with Gasteiger partial charge in [-0.3, -0.25) is 0 Å². The van der Waals surface area contributed by atoms with Gasteiger partial charge in [0.1, 0.15) is 0 Å². The van der Waals surface area contributed by atoms with E-state index < -0.39 is 0 Å². The molecule has 0 aromatic rings. The number of thioether (sulfide) groups is 2. The molecule has 11 heavy (non-hydrogen) atoms. The van der Waals surface area contributed by atoms with Gasteiger partial charge in [-0.05, 0) is 31.8 Å². The molecule has 0 bridgehead atoms. The van der Waals surface area contributed by atoms with Gasteiger partial charge in [-0.15, -0.1) is 29.4 Å². The second-order valence-electron chi connectivity index (χ2n) is 2.65. The minimum absolute atomic E-state index is 0.565. The predicted molar refractivity (Wildman–Crippen MR) is 55.9 cm³/mol. The smallest absolute Gasteiger partial charge is 0.0637 e. The van der Waals surface area contributed by atoms with Gasteiger partial charge >= 0.3 is 0 Å². The van der Waals surface area contributed by atoms with Crippen LogP contribution < -0.4 is 0 Å². The van der Waals surface area contributed by atoms with Crippen molar-refractivity contribution < 1.29 is 0 Å². The van der Waals surface area contributed by atoms with Crippen molar-refractivity contribution >= 4 is 23.5 Å². The fourth-order valence-electron chi connectivity index (χ4n) is 1.09. The molecular weight excluding hydrogens is 172 g/mol. The van der Waals surface area contributed by atoms with E-state index in [1.54, 1.807) is 0 Å². The van der Waals surface area contributed by atoms with Gasteiger partial charge in [0.2, 0.25) is 0 Å². The van der Waals surface area contributed by atoms with Crippen molar-refractivity contribution in [2.75, 3.05) is 11.5 Å². The molecule has 0 spiro atoms. The summed E-state index contributed by atoms with van der Waals surface area (Å²) in [6.45, 7) is 4.15. The zero-order valence-electron chi connectivity index (χ0n) is 7.09. The Balaban J connectivity index is 2.36. The van der Waals surface area contributed by atoms with Crippen LogP contribution in [0.2, 0.25) is 0 Å². The van der Waals surface area contributed by atoms with Crippen LogP contribution in [0, 0.1) is 17.8 Å². The third kappa shape index (κ3) is 3.01. The Morgan fingerprint density at radius 3 is 2.55 bits per heavy atom. The molecule has 1 rings (SSSR count). The first kappa shape index (κ1) is 9.35. The maximum Gasteiger partial charge on any atom is 0.0637 e. The fraction of sp³-hybridized carbons (Fsp3) is 0.778. The summed E-state index contributed by atoms with van der Waals surface area (Å²) in [4.78, 5) is 0. The molecule has 0 saturated carbocycles.